The van der Waals surface area contributed by atoms with Crippen molar-refractivity contribution in [3.63, 3.8) is 0 Å². The normalized spacial score (nSPS) is 33.1. The van der Waals surface area contributed by atoms with Crippen LogP contribution in [0, 0.1) is 11.8 Å². The Hall–Kier alpha value is -0.610. The summed E-state index contributed by atoms with van der Waals surface area (Å²) >= 11 is 0. The molecule has 18 heavy (non-hydrogen) atoms. The number of amides is 1. The molecule has 4 nitrogen and oxygen atoms in total. The van der Waals surface area contributed by atoms with Crippen molar-refractivity contribution >= 4 is 5.91 Å². The van der Waals surface area contributed by atoms with Crippen LogP contribution in [0.3, 0.4) is 0 Å². The van der Waals surface area contributed by atoms with Gasteiger partial charge in [-0.15, -0.1) is 0 Å². The zero-order chi connectivity index (χ0) is 13.0. The predicted molar refractivity (Wildman–Crippen MR) is 71.2 cm³/mol. The molecule has 1 saturated carbocycles. The second kappa shape index (κ2) is 6.53. The monoisotopic (exact) mass is 254 g/mol. The number of carbonyl (C=O) groups excluding carboxylic acids is 1. The van der Waals surface area contributed by atoms with E-state index in [0.29, 0.717) is 11.8 Å². The topological polar surface area (TPSA) is 52.6 Å². The first kappa shape index (κ1) is 13.8. The molecular formula is C14H26N2O2. The van der Waals surface area contributed by atoms with Crippen LogP contribution in [0.5, 0.6) is 0 Å². The molecule has 1 aliphatic carbocycles. The van der Waals surface area contributed by atoms with E-state index in [4.69, 9.17) is 0 Å². The van der Waals surface area contributed by atoms with Crippen LogP contribution in [-0.2, 0) is 4.79 Å². The lowest BCUT2D eigenvalue weighted by atomic mass is 9.79. The average Bonchev–Trinajstić information content (AvgIpc) is 2.73. The lowest BCUT2D eigenvalue weighted by molar-refractivity contribution is -0.130. The lowest BCUT2D eigenvalue weighted by Gasteiger charge is -2.33. The highest BCUT2D eigenvalue weighted by Crippen LogP contribution is 2.31. The Morgan fingerprint density at radius 1 is 1.28 bits per heavy atom. The molecule has 2 aliphatic rings. The van der Waals surface area contributed by atoms with E-state index >= 15 is 0 Å². The van der Waals surface area contributed by atoms with Crippen LogP contribution < -0.4 is 5.32 Å². The summed E-state index contributed by atoms with van der Waals surface area (Å²) in [6.45, 7) is 4.91. The molecule has 1 amide bonds. The summed E-state index contributed by atoms with van der Waals surface area (Å²) in [5.41, 5.74) is 0. The van der Waals surface area contributed by atoms with Gasteiger partial charge in [0, 0.05) is 19.7 Å². The molecule has 0 aromatic carbocycles. The van der Waals surface area contributed by atoms with Crippen LogP contribution in [0.4, 0.5) is 0 Å². The zero-order valence-corrected chi connectivity index (χ0v) is 11.4. The fraction of sp³-hybridized carbons (Fsp3) is 0.929. The molecule has 104 valence electrons. The molecule has 2 rings (SSSR count). The third kappa shape index (κ3) is 3.04. The molecule has 3 atom stereocenters. The predicted octanol–water partition coefficient (Wildman–Crippen LogP) is 0.995. The standard InChI is InChI=1S/C14H26N2O2/c1-2-15-13-7-8-16(14(13)18)9-11-5-3-4-6-12(11)10-17/h11-13,15,17H,2-10H2,1H3. The Morgan fingerprint density at radius 2 is 2.00 bits per heavy atom. The maximum atomic E-state index is 12.2. The van der Waals surface area contributed by atoms with Crippen molar-refractivity contribution in [2.75, 3.05) is 26.2 Å². The van der Waals surface area contributed by atoms with Gasteiger partial charge in [-0.05, 0) is 37.6 Å². The molecule has 0 aromatic heterocycles. The molecule has 0 spiro atoms. The van der Waals surface area contributed by atoms with E-state index in [-0.39, 0.29) is 18.6 Å². The fourth-order valence-corrected chi connectivity index (χ4v) is 3.40. The second-order valence-electron chi connectivity index (χ2n) is 5.67. The highest BCUT2D eigenvalue weighted by Gasteiger charge is 2.34. The second-order valence-corrected chi connectivity index (χ2v) is 5.67. The fourth-order valence-electron chi connectivity index (χ4n) is 3.40. The van der Waals surface area contributed by atoms with Gasteiger partial charge in [-0.25, -0.2) is 0 Å². The summed E-state index contributed by atoms with van der Waals surface area (Å²) in [4.78, 5) is 14.2. The van der Waals surface area contributed by atoms with E-state index in [1.54, 1.807) is 0 Å². The molecule has 1 aliphatic heterocycles. The molecular weight excluding hydrogens is 228 g/mol. The molecule has 0 aromatic rings. The quantitative estimate of drug-likeness (QED) is 0.769. The minimum atomic E-state index is 0.0335. The molecule has 2 fully saturated rings. The average molecular weight is 254 g/mol. The van der Waals surface area contributed by atoms with Gasteiger partial charge in [-0.1, -0.05) is 19.8 Å². The summed E-state index contributed by atoms with van der Waals surface area (Å²) in [5.74, 6) is 1.18. The van der Waals surface area contributed by atoms with Crippen LogP contribution in [0.1, 0.15) is 39.0 Å². The number of aliphatic hydroxyl groups excluding tert-OH is 1. The molecule has 0 bridgehead atoms. The Morgan fingerprint density at radius 3 is 2.67 bits per heavy atom. The van der Waals surface area contributed by atoms with Crippen molar-refractivity contribution in [1.29, 1.82) is 0 Å². The number of likely N-dealkylation sites (N-methyl/N-ethyl adjacent to an activating group) is 1. The Bertz CT molecular complexity index is 283. The van der Waals surface area contributed by atoms with Gasteiger partial charge in [0.05, 0.1) is 6.04 Å². The smallest absolute Gasteiger partial charge is 0.239 e. The molecule has 1 saturated heterocycles. The minimum absolute atomic E-state index is 0.0335. The summed E-state index contributed by atoms with van der Waals surface area (Å²) in [6, 6.07) is 0.0335. The molecule has 1 heterocycles. The SMILES string of the molecule is CCNC1CCN(CC2CCCCC2CO)C1=O. The first-order valence-electron chi connectivity index (χ1n) is 7.39. The first-order chi connectivity index (χ1) is 8.76. The van der Waals surface area contributed by atoms with E-state index in [0.717, 1.165) is 32.5 Å². The van der Waals surface area contributed by atoms with Crippen LogP contribution in [0.2, 0.25) is 0 Å². The van der Waals surface area contributed by atoms with Crippen molar-refractivity contribution in [2.45, 2.75) is 45.1 Å². The number of nitrogens with zero attached hydrogens (tertiary/aromatic N) is 1. The molecule has 2 N–H and O–H groups in total. The van der Waals surface area contributed by atoms with Gasteiger partial charge in [0.15, 0.2) is 0 Å². The van der Waals surface area contributed by atoms with Gasteiger partial charge in [0.2, 0.25) is 5.91 Å². The number of hydrogen-bond donors (Lipinski definition) is 2. The minimum Gasteiger partial charge on any atom is -0.396 e. The number of carbonyl (C=O) groups is 1. The van der Waals surface area contributed by atoms with Crippen molar-refractivity contribution in [2.24, 2.45) is 11.8 Å². The van der Waals surface area contributed by atoms with Crippen molar-refractivity contribution < 1.29 is 9.90 Å². The van der Waals surface area contributed by atoms with Crippen LogP contribution in [-0.4, -0.2) is 48.2 Å². The largest absolute Gasteiger partial charge is 0.396 e. The Kier molecular flexibility index (Phi) is 5.01. The molecule has 0 radical (unpaired) electrons. The highest BCUT2D eigenvalue weighted by molar-refractivity contribution is 5.83. The summed E-state index contributed by atoms with van der Waals surface area (Å²) in [7, 11) is 0. The summed E-state index contributed by atoms with van der Waals surface area (Å²) < 4.78 is 0. The molecule has 4 heteroatoms. The van der Waals surface area contributed by atoms with E-state index in [2.05, 4.69) is 5.32 Å². The van der Waals surface area contributed by atoms with E-state index in [1.165, 1.54) is 19.3 Å². The number of likely N-dealkylation sites (tertiary alicyclic amines) is 1. The maximum Gasteiger partial charge on any atom is 0.239 e. The van der Waals surface area contributed by atoms with Crippen LogP contribution in [0.15, 0.2) is 0 Å². The maximum absolute atomic E-state index is 12.2. The number of aliphatic hydroxyl groups is 1. The zero-order valence-electron chi connectivity index (χ0n) is 11.4. The van der Waals surface area contributed by atoms with Crippen LogP contribution >= 0.6 is 0 Å². The van der Waals surface area contributed by atoms with E-state index in [9.17, 15) is 9.90 Å². The van der Waals surface area contributed by atoms with Crippen molar-refractivity contribution in [1.82, 2.24) is 10.2 Å². The number of hydrogen-bond acceptors (Lipinski definition) is 3. The van der Waals surface area contributed by atoms with Gasteiger partial charge in [0.1, 0.15) is 0 Å². The van der Waals surface area contributed by atoms with Crippen LogP contribution in [0.25, 0.3) is 0 Å². The van der Waals surface area contributed by atoms with E-state index in [1.807, 2.05) is 11.8 Å². The number of nitrogens with one attached hydrogen (secondary N) is 1. The van der Waals surface area contributed by atoms with Gasteiger partial charge < -0.3 is 15.3 Å². The highest BCUT2D eigenvalue weighted by atomic mass is 16.3. The molecule has 3 unspecified atom stereocenters. The Labute approximate surface area is 110 Å². The Balaban J connectivity index is 1.87. The van der Waals surface area contributed by atoms with Crippen molar-refractivity contribution in [3.8, 4) is 0 Å². The van der Waals surface area contributed by atoms with E-state index < -0.39 is 0 Å². The number of rotatable bonds is 5. The third-order valence-corrected chi connectivity index (χ3v) is 4.50. The van der Waals surface area contributed by atoms with Gasteiger partial charge in [0.25, 0.3) is 0 Å². The van der Waals surface area contributed by atoms with Gasteiger partial charge in [-0.3, -0.25) is 4.79 Å². The third-order valence-electron chi connectivity index (χ3n) is 4.50. The summed E-state index contributed by atoms with van der Waals surface area (Å²) in [5, 5.41) is 12.7. The van der Waals surface area contributed by atoms with Gasteiger partial charge in [-0.2, -0.15) is 0 Å². The first-order valence-corrected chi connectivity index (χ1v) is 7.39. The lowest BCUT2D eigenvalue weighted by Crippen LogP contribution is -2.41. The summed E-state index contributed by atoms with van der Waals surface area (Å²) in [6.07, 6.45) is 5.71. The van der Waals surface area contributed by atoms with Crippen molar-refractivity contribution in [3.05, 3.63) is 0 Å². The van der Waals surface area contributed by atoms with Gasteiger partial charge >= 0.3 is 0 Å².